The summed E-state index contributed by atoms with van der Waals surface area (Å²) in [6, 6.07) is 0. The van der Waals surface area contributed by atoms with Crippen LogP contribution in [-0.4, -0.2) is 71.0 Å². The van der Waals surface area contributed by atoms with Crippen LogP contribution >= 0.6 is 0 Å². The van der Waals surface area contributed by atoms with E-state index in [-0.39, 0.29) is 6.92 Å². The van der Waals surface area contributed by atoms with E-state index in [0.29, 0.717) is 0 Å². The van der Waals surface area contributed by atoms with Gasteiger partial charge in [-0.25, -0.2) is 9.18 Å². The Morgan fingerprint density at radius 2 is 0.842 bits per heavy atom. The molecule has 0 amide bonds. The van der Waals surface area contributed by atoms with Crippen molar-refractivity contribution in [2.24, 2.45) is 0 Å². The van der Waals surface area contributed by atoms with E-state index < -0.39 is 76.6 Å². The Morgan fingerprint density at radius 3 is 1.13 bits per heavy atom. The Balaban J connectivity index is 3.95. The fourth-order valence-corrected chi connectivity index (χ4v) is 2.68. The summed E-state index contributed by atoms with van der Waals surface area (Å²) in [4.78, 5) is 10.8. The van der Waals surface area contributed by atoms with Crippen molar-refractivity contribution in [2.75, 3.05) is 0 Å². The zero-order valence-electron chi connectivity index (χ0n) is 17.0. The monoisotopic (exact) mass is 616 g/mol. The minimum absolute atomic E-state index is 0.284. The summed E-state index contributed by atoms with van der Waals surface area (Å²) >= 11 is 0. The number of rotatable bonds is 8. The number of alkyl halides is 21. The van der Waals surface area contributed by atoms with E-state index in [1.54, 1.807) is 0 Å². The second-order valence-electron chi connectivity index (χ2n) is 7.51. The number of carbonyl (C=O) groups excluding carboxylic acids is 1. The lowest BCUT2D eigenvalue weighted by atomic mass is 9.81. The molecule has 224 valence electrons. The molecule has 0 saturated heterocycles. The first kappa shape index (κ1) is 33.8. The Kier molecular flexibility index (Phi) is 7.02. The molecule has 23 heteroatoms. The van der Waals surface area contributed by atoms with Crippen LogP contribution in [0.25, 0.3) is 0 Å². The zero-order chi connectivity index (χ0) is 31.4. The van der Waals surface area contributed by atoms with E-state index in [9.17, 15) is 97.0 Å². The first-order chi connectivity index (χ1) is 16.1. The van der Waals surface area contributed by atoms with Crippen LogP contribution in [0.3, 0.4) is 0 Å². The van der Waals surface area contributed by atoms with Crippen LogP contribution in [0.4, 0.5) is 92.2 Å². The number of halogens is 21. The van der Waals surface area contributed by atoms with E-state index in [1.165, 1.54) is 0 Å². The molecule has 0 unspecified atom stereocenters. The number of hydrogen-bond acceptors (Lipinski definition) is 2. The molecule has 0 N–H and O–H groups in total. The van der Waals surface area contributed by atoms with Crippen LogP contribution in [-0.2, 0) is 9.53 Å². The van der Waals surface area contributed by atoms with Gasteiger partial charge < -0.3 is 4.74 Å². The molecule has 0 heterocycles. The highest BCUT2D eigenvalue weighted by Crippen LogP contribution is 2.75. The van der Waals surface area contributed by atoms with Gasteiger partial charge in [0.05, 0.1) is 0 Å². The minimum atomic E-state index is -9.33. The lowest BCUT2D eigenvalue weighted by Crippen LogP contribution is -2.78. The predicted octanol–water partition coefficient (Wildman–Crippen LogP) is 7.14. The SMILES string of the molecule is C=C(C)C(=O)OC(F)(F)C(F)(F)C(F)(F)C(F)(F)C(F)(F)C(F)(F)C1(F)C(F)(F)C(F)(F)C(F)(F)C1(F)F. The molecule has 38 heavy (non-hydrogen) atoms. The Bertz CT molecular complexity index is 967. The zero-order valence-corrected chi connectivity index (χ0v) is 17.0. The molecule has 0 aromatic heterocycles. The molecule has 1 saturated carbocycles. The van der Waals surface area contributed by atoms with Gasteiger partial charge in [-0.05, 0) is 6.92 Å². The van der Waals surface area contributed by atoms with Crippen molar-refractivity contribution in [1.29, 1.82) is 0 Å². The van der Waals surface area contributed by atoms with Crippen LogP contribution in [0.15, 0.2) is 12.2 Å². The van der Waals surface area contributed by atoms with E-state index >= 15 is 0 Å². The standard InChI is InChI=1S/C15H5F21O2/c1-3(2)4(37)38-15(35,36)14(33,34)13(31,32)12(29,30)11(27,28)8(21,22)5(16)6(17,18)9(23,24)10(25,26)7(5,19)20/h1H2,2H3. The summed E-state index contributed by atoms with van der Waals surface area (Å²) in [5.41, 5.74) is -10.4. The average Bonchev–Trinajstić information content (AvgIpc) is 2.75. The summed E-state index contributed by atoms with van der Waals surface area (Å²) < 4.78 is 286. The van der Waals surface area contributed by atoms with Gasteiger partial charge in [0, 0.05) is 5.57 Å². The molecule has 0 spiro atoms. The van der Waals surface area contributed by atoms with Gasteiger partial charge in [-0.1, -0.05) is 6.58 Å². The molecule has 1 aliphatic rings. The first-order valence-corrected chi connectivity index (χ1v) is 8.43. The third-order valence-electron chi connectivity index (χ3n) is 4.99. The van der Waals surface area contributed by atoms with Crippen LogP contribution < -0.4 is 0 Å². The second-order valence-corrected chi connectivity index (χ2v) is 7.51. The fourth-order valence-electron chi connectivity index (χ4n) is 2.68. The molecular weight excluding hydrogens is 611 g/mol. The van der Waals surface area contributed by atoms with Gasteiger partial charge in [-0.15, -0.1) is 0 Å². The summed E-state index contributed by atoms with van der Waals surface area (Å²) in [6.45, 7) is 2.68. The lowest BCUT2D eigenvalue weighted by Gasteiger charge is -2.45. The van der Waals surface area contributed by atoms with Gasteiger partial charge in [0.1, 0.15) is 0 Å². The molecule has 2 nitrogen and oxygen atoms in total. The van der Waals surface area contributed by atoms with Gasteiger partial charge in [0.15, 0.2) is 0 Å². The van der Waals surface area contributed by atoms with Crippen LogP contribution in [0.1, 0.15) is 6.92 Å². The van der Waals surface area contributed by atoms with Gasteiger partial charge in [-0.2, -0.15) is 87.8 Å². The van der Waals surface area contributed by atoms with Crippen molar-refractivity contribution in [2.45, 2.75) is 72.0 Å². The smallest absolute Gasteiger partial charge is 0.393 e. The maximum atomic E-state index is 14.2. The van der Waals surface area contributed by atoms with Gasteiger partial charge in [-0.3, -0.25) is 0 Å². The van der Waals surface area contributed by atoms with Crippen molar-refractivity contribution in [3.8, 4) is 0 Å². The summed E-state index contributed by atoms with van der Waals surface area (Å²) in [6.07, 6.45) is -7.46. The quantitative estimate of drug-likeness (QED) is 0.165. The maximum absolute atomic E-state index is 14.2. The highest BCUT2D eigenvalue weighted by Gasteiger charge is 3.09. The van der Waals surface area contributed by atoms with Crippen molar-refractivity contribution in [3.05, 3.63) is 12.2 Å². The van der Waals surface area contributed by atoms with Crippen LogP contribution in [0, 0.1) is 0 Å². The van der Waals surface area contributed by atoms with Crippen molar-refractivity contribution in [3.63, 3.8) is 0 Å². The van der Waals surface area contributed by atoms with Gasteiger partial charge in [0.25, 0.3) is 0 Å². The molecule has 0 bridgehead atoms. The van der Waals surface area contributed by atoms with Crippen LogP contribution in [0.2, 0.25) is 0 Å². The molecular formula is C15H5F21O2. The van der Waals surface area contributed by atoms with Gasteiger partial charge in [0.2, 0.25) is 0 Å². The fraction of sp³-hybridized carbons (Fsp3) is 0.800. The summed E-state index contributed by atoms with van der Waals surface area (Å²) in [7, 11) is 0. The minimum Gasteiger partial charge on any atom is -0.393 e. The normalized spacial score (nSPS) is 23.2. The third-order valence-corrected chi connectivity index (χ3v) is 4.99. The van der Waals surface area contributed by atoms with Crippen LogP contribution in [0.5, 0.6) is 0 Å². The molecule has 0 aromatic carbocycles. The second kappa shape index (κ2) is 7.90. The summed E-state index contributed by atoms with van der Waals surface area (Å²) in [5.74, 6) is -81.5. The Hall–Kier alpha value is -2.26. The van der Waals surface area contributed by atoms with Crippen molar-refractivity contribution in [1.82, 2.24) is 0 Å². The van der Waals surface area contributed by atoms with E-state index in [2.05, 4.69) is 11.3 Å². The number of ether oxygens (including phenoxy) is 1. The predicted molar refractivity (Wildman–Crippen MR) is 74.2 cm³/mol. The first-order valence-electron chi connectivity index (χ1n) is 8.43. The topological polar surface area (TPSA) is 26.3 Å². The molecule has 1 rings (SSSR count). The average molecular weight is 616 g/mol. The molecule has 1 aliphatic carbocycles. The maximum Gasteiger partial charge on any atom is 0.473 e. The lowest BCUT2D eigenvalue weighted by molar-refractivity contribution is -0.467. The third kappa shape index (κ3) is 3.23. The molecule has 0 aromatic rings. The number of carbonyl (C=O) groups is 1. The van der Waals surface area contributed by atoms with Crippen molar-refractivity contribution >= 4 is 5.97 Å². The van der Waals surface area contributed by atoms with E-state index in [1.807, 2.05) is 0 Å². The molecule has 0 aliphatic heterocycles. The Labute approximate surface area is 193 Å². The molecule has 1 fully saturated rings. The molecule has 0 radical (unpaired) electrons. The molecule has 0 atom stereocenters. The Morgan fingerprint density at radius 1 is 0.553 bits per heavy atom. The van der Waals surface area contributed by atoms with Gasteiger partial charge >= 0.3 is 71.0 Å². The van der Waals surface area contributed by atoms with Crippen molar-refractivity contribution < 1.29 is 102 Å². The van der Waals surface area contributed by atoms with E-state index in [4.69, 9.17) is 0 Å². The highest BCUT2D eigenvalue weighted by atomic mass is 19.4. The summed E-state index contributed by atoms with van der Waals surface area (Å²) in [5, 5.41) is 0. The largest absolute Gasteiger partial charge is 0.473 e. The highest BCUT2D eigenvalue weighted by molar-refractivity contribution is 5.87. The number of hydrogen-bond donors (Lipinski definition) is 0. The number of esters is 1. The van der Waals surface area contributed by atoms with E-state index in [0.717, 1.165) is 0 Å².